The molecule has 0 aromatic heterocycles. The number of hydrogen-bond donors (Lipinski definition) is 2. The smallest absolute Gasteiger partial charge is 0.326 e. The van der Waals surface area contributed by atoms with Crippen LogP contribution >= 0.6 is 15.9 Å². The minimum atomic E-state index is -0.651. The number of carbonyl (C=O) groups is 2. The lowest BCUT2D eigenvalue weighted by molar-refractivity contribution is -0.119. The third kappa shape index (κ3) is 3.24. The summed E-state index contributed by atoms with van der Waals surface area (Å²) < 4.78 is 10.4. The highest BCUT2D eigenvalue weighted by atomic mass is 79.9. The van der Waals surface area contributed by atoms with E-state index in [4.69, 9.17) is 9.47 Å². The lowest BCUT2D eigenvalue weighted by Gasteiger charge is -2.06. The van der Waals surface area contributed by atoms with Gasteiger partial charge in [0.15, 0.2) is 0 Å². The molecule has 7 heteroatoms. The van der Waals surface area contributed by atoms with E-state index < -0.39 is 11.9 Å². The van der Waals surface area contributed by atoms with Crippen LogP contribution in [-0.2, 0) is 14.3 Å². The number of anilines is 1. The molecule has 1 aliphatic rings. The van der Waals surface area contributed by atoms with Gasteiger partial charge in [0.2, 0.25) is 12.6 Å². The monoisotopic (exact) mass is 312 g/mol. The normalized spacial score (nSPS) is 13.1. The van der Waals surface area contributed by atoms with Crippen LogP contribution < -0.4 is 10.6 Å². The average Bonchev–Trinajstić information content (AvgIpc) is 2.85. The van der Waals surface area contributed by atoms with Crippen LogP contribution in [0.15, 0.2) is 40.8 Å². The average molecular weight is 313 g/mol. The fraction of sp³-hybridized carbons (Fsp3) is 0.0909. The Morgan fingerprint density at radius 3 is 2.56 bits per heavy atom. The zero-order chi connectivity index (χ0) is 13.0. The minimum absolute atomic E-state index is 0.0168. The maximum absolute atomic E-state index is 11.5. The van der Waals surface area contributed by atoms with Gasteiger partial charge in [-0.05, 0) is 24.3 Å². The molecule has 0 radical (unpaired) electrons. The minimum Gasteiger partial charge on any atom is -0.461 e. The molecule has 94 valence electrons. The van der Waals surface area contributed by atoms with Gasteiger partial charge in [-0.3, -0.25) is 10.1 Å². The second kappa shape index (κ2) is 5.54. The summed E-state index contributed by atoms with van der Waals surface area (Å²) in [5.41, 5.74) is 0.570. The molecule has 1 heterocycles. The van der Waals surface area contributed by atoms with Gasteiger partial charge in [0.25, 0.3) is 5.91 Å². The molecule has 6 nitrogen and oxygen atoms in total. The van der Waals surface area contributed by atoms with Crippen molar-refractivity contribution in [2.24, 2.45) is 0 Å². The molecule has 0 atom stereocenters. The van der Waals surface area contributed by atoms with Crippen molar-refractivity contribution in [3.8, 4) is 0 Å². The number of ether oxygens (including phenoxy) is 2. The number of rotatable bonds is 2. The third-order valence-electron chi connectivity index (χ3n) is 2.03. The van der Waals surface area contributed by atoms with Gasteiger partial charge in [0, 0.05) is 10.2 Å². The molecule has 0 saturated carbocycles. The maximum atomic E-state index is 11.5. The van der Waals surface area contributed by atoms with Crippen molar-refractivity contribution in [1.82, 2.24) is 5.32 Å². The number of amides is 3. The van der Waals surface area contributed by atoms with E-state index in [1.54, 1.807) is 24.3 Å². The van der Waals surface area contributed by atoms with E-state index in [1.165, 1.54) is 0 Å². The summed E-state index contributed by atoms with van der Waals surface area (Å²) in [5, 5.41) is 4.62. The fourth-order valence-corrected chi connectivity index (χ4v) is 1.48. The Balaban J connectivity index is 1.88. The Kier molecular flexibility index (Phi) is 3.83. The van der Waals surface area contributed by atoms with Gasteiger partial charge in [-0.25, -0.2) is 4.79 Å². The molecule has 1 aliphatic heterocycles. The number of benzene rings is 1. The number of imide groups is 1. The van der Waals surface area contributed by atoms with Gasteiger partial charge in [-0.2, -0.15) is 0 Å². The van der Waals surface area contributed by atoms with Crippen LogP contribution in [-0.4, -0.2) is 18.7 Å². The Morgan fingerprint density at radius 2 is 1.94 bits per heavy atom. The maximum Gasteiger partial charge on any atom is 0.326 e. The molecule has 1 aromatic carbocycles. The van der Waals surface area contributed by atoms with Crippen molar-refractivity contribution in [3.05, 3.63) is 40.8 Å². The summed E-state index contributed by atoms with van der Waals surface area (Å²) in [6.45, 7) is -0.0168. The van der Waals surface area contributed by atoms with Crippen LogP contribution in [0.4, 0.5) is 10.5 Å². The number of halogens is 1. The Morgan fingerprint density at radius 1 is 1.22 bits per heavy atom. The second-order valence-corrected chi connectivity index (χ2v) is 4.24. The quantitative estimate of drug-likeness (QED) is 0.875. The van der Waals surface area contributed by atoms with E-state index in [9.17, 15) is 9.59 Å². The van der Waals surface area contributed by atoms with Crippen molar-refractivity contribution in [2.75, 3.05) is 12.1 Å². The predicted octanol–water partition coefficient (Wildman–Crippen LogP) is 1.94. The molecule has 0 spiro atoms. The Hall–Kier alpha value is -2.02. The predicted molar refractivity (Wildman–Crippen MR) is 66.4 cm³/mol. The number of nitrogens with one attached hydrogen (secondary N) is 2. The van der Waals surface area contributed by atoms with Gasteiger partial charge in [-0.15, -0.1) is 0 Å². The molecule has 3 amide bonds. The van der Waals surface area contributed by atoms with Crippen molar-refractivity contribution >= 4 is 33.6 Å². The summed E-state index contributed by atoms with van der Waals surface area (Å²) in [6.07, 6.45) is 1.16. The third-order valence-corrected chi connectivity index (χ3v) is 2.55. The summed E-state index contributed by atoms with van der Waals surface area (Å²) in [5.74, 6) is -0.678. The van der Waals surface area contributed by atoms with Gasteiger partial charge >= 0.3 is 6.03 Å². The largest absolute Gasteiger partial charge is 0.461 e. The number of hydrogen-bond acceptors (Lipinski definition) is 4. The summed E-state index contributed by atoms with van der Waals surface area (Å²) in [7, 11) is 0. The molecule has 0 bridgehead atoms. The van der Waals surface area contributed by atoms with Crippen LogP contribution in [0.1, 0.15) is 0 Å². The zero-order valence-corrected chi connectivity index (χ0v) is 10.7. The fourth-order valence-electron chi connectivity index (χ4n) is 1.22. The van der Waals surface area contributed by atoms with E-state index in [1.807, 2.05) is 0 Å². The molecule has 0 aliphatic carbocycles. The standard InChI is InChI=1S/C11H9BrN2O4/c12-7-1-3-8(4-2-7)13-11(16)14-10(15)9-5-17-6-18-9/h1-5H,6H2,(H2,13,14,15,16). The van der Waals surface area contributed by atoms with Gasteiger partial charge in [-0.1, -0.05) is 15.9 Å². The van der Waals surface area contributed by atoms with E-state index in [2.05, 4.69) is 26.6 Å². The SMILES string of the molecule is O=C(NC(=O)C1=COCO1)Nc1ccc(Br)cc1. The second-order valence-electron chi connectivity index (χ2n) is 3.33. The highest BCUT2D eigenvalue weighted by Crippen LogP contribution is 2.14. The number of urea groups is 1. The highest BCUT2D eigenvalue weighted by Gasteiger charge is 2.18. The van der Waals surface area contributed by atoms with Crippen LogP contribution in [0.25, 0.3) is 0 Å². The Bertz CT molecular complexity index is 498. The molecule has 2 rings (SSSR count). The lowest BCUT2D eigenvalue weighted by Crippen LogP contribution is -2.35. The molecule has 0 saturated heterocycles. The number of carbonyl (C=O) groups excluding carboxylic acids is 2. The zero-order valence-electron chi connectivity index (χ0n) is 9.10. The van der Waals surface area contributed by atoms with E-state index in [-0.39, 0.29) is 12.6 Å². The van der Waals surface area contributed by atoms with Crippen LogP contribution in [0.5, 0.6) is 0 Å². The molecule has 18 heavy (non-hydrogen) atoms. The Labute approximate surface area is 111 Å². The van der Waals surface area contributed by atoms with Crippen LogP contribution in [0.3, 0.4) is 0 Å². The van der Waals surface area contributed by atoms with Crippen molar-refractivity contribution in [2.45, 2.75) is 0 Å². The van der Waals surface area contributed by atoms with Crippen molar-refractivity contribution in [1.29, 1.82) is 0 Å². The highest BCUT2D eigenvalue weighted by molar-refractivity contribution is 9.10. The molecule has 0 fully saturated rings. The van der Waals surface area contributed by atoms with Crippen molar-refractivity contribution < 1.29 is 19.1 Å². The molecule has 2 N–H and O–H groups in total. The van der Waals surface area contributed by atoms with E-state index in [0.29, 0.717) is 5.69 Å². The summed E-state index contributed by atoms with van der Waals surface area (Å²) in [6, 6.07) is 6.30. The van der Waals surface area contributed by atoms with Gasteiger partial charge < -0.3 is 14.8 Å². The van der Waals surface area contributed by atoms with E-state index >= 15 is 0 Å². The molecular formula is C11H9BrN2O4. The summed E-state index contributed by atoms with van der Waals surface area (Å²) in [4.78, 5) is 22.9. The first-order valence-corrected chi connectivity index (χ1v) is 5.77. The van der Waals surface area contributed by atoms with Gasteiger partial charge in [0.1, 0.15) is 6.26 Å². The summed E-state index contributed by atoms with van der Waals surface area (Å²) >= 11 is 3.28. The lowest BCUT2D eigenvalue weighted by atomic mass is 10.3. The van der Waals surface area contributed by atoms with Crippen LogP contribution in [0, 0.1) is 0 Å². The molecule has 1 aromatic rings. The first kappa shape index (κ1) is 12.4. The first-order chi connectivity index (χ1) is 8.65. The van der Waals surface area contributed by atoms with E-state index in [0.717, 1.165) is 10.7 Å². The topological polar surface area (TPSA) is 76.7 Å². The van der Waals surface area contributed by atoms with Crippen LogP contribution in [0.2, 0.25) is 0 Å². The first-order valence-electron chi connectivity index (χ1n) is 4.97. The van der Waals surface area contributed by atoms with Crippen molar-refractivity contribution in [3.63, 3.8) is 0 Å². The molecule has 0 unspecified atom stereocenters. The molecular weight excluding hydrogens is 304 g/mol. The van der Waals surface area contributed by atoms with Gasteiger partial charge in [0.05, 0.1) is 0 Å².